The number of ether oxygens (including phenoxy) is 1. The van der Waals surface area contributed by atoms with Gasteiger partial charge in [0.1, 0.15) is 0 Å². The lowest BCUT2D eigenvalue weighted by Crippen LogP contribution is -2.32. The summed E-state index contributed by atoms with van der Waals surface area (Å²) in [6, 6.07) is 4.91. The van der Waals surface area contributed by atoms with Crippen LogP contribution in [0.5, 0.6) is 5.88 Å². The molecular formula is C37H30F9N3O3. The van der Waals surface area contributed by atoms with Crippen LogP contribution in [0.25, 0.3) is 22.3 Å². The molecule has 2 fully saturated rings. The van der Waals surface area contributed by atoms with Crippen molar-refractivity contribution in [3.05, 3.63) is 105 Å². The third-order valence-corrected chi connectivity index (χ3v) is 9.60. The Morgan fingerprint density at radius 1 is 0.808 bits per heavy atom. The maximum Gasteiger partial charge on any atom is 0.416 e. The molecule has 2 saturated heterocycles. The third kappa shape index (κ3) is 6.68. The summed E-state index contributed by atoms with van der Waals surface area (Å²) >= 11 is 0. The molecule has 2 amide bonds. The number of carbonyl (C=O) groups is 2. The van der Waals surface area contributed by atoms with Crippen LogP contribution in [-0.2, 0) is 18.5 Å². The van der Waals surface area contributed by atoms with Crippen LogP contribution in [0.1, 0.15) is 81.2 Å². The van der Waals surface area contributed by atoms with Crippen molar-refractivity contribution >= 4 is 11.8 Å². The average Bonchev–Trinajstić information content (AvgIpc) is 3.63. The van der Waals surface area contributed by atoms with Gasteiger partial charge in [-0.05, 0) is 116 Å². The van der Waals surface area contributed by atoms with Gasteiger partial charge in [0.15, 0.2) is 5.78 Å². The molecule has 6 nitrogen and oxygen atoms in total. The van der Waals surface area contributed by atoms with Gasteiger partial charge < -0.3 is 15.0 Å². The monoisotopic (exact) mass is 735 g/mol. The Morgan fingerprint density at radius 3 is 1.94 bits per heavy atom. The van der Waals surface area contributed by atoms with E-state index in [4.69, 9.17) is 4.74 Å². The number of alkyl halides is 9. The van der Waals surface area contributed by atoms with Gasteiger partial charge in [-0.15, -0.1) is 0 Å². The highest BCUT2D eigenvalue weighted by Crippen LogP contribution is 2.50. The summed E-state index contributed by atoms with van der Waals surface area (Å²) < 4.78 is 130. The Hall–Kier alpha value is -5.08. The molecule has 52 heavy (non-hydrogen) atoms. The predicted molar refractivity (Wildman–Crippen MR) is 171 cm³/mol. The summed E-state index contributed by atoms with van der Waals surface area (Å²) in [7, 11) is 1.32. The van der Waals surface area contributed by atoms with Crippen LogP contribution in [0, 0.1) is 13.8 Å². The first kappa shape index (κ1) is 36.7. The zero-order valence-electron chi connectivity index (χ0n) is 27.9. The van der Waals surface area contributed by atoms with Crippen LogP contribution in [0.4, 0.5) is 44.3 Å². The van der Waals surface area contributed by atoms with Gasteiger partial charge in [-0.2, -0.15) is 39.5 Å². The number of amides is 2. The normalized spacial score (nSPS) is 19.1. The standard InChI is InChI=1S/C37H30F9N3O3/c1-17-9-20(19(3)50)10-18(2)31(17)22-13-28(33(52-4)47-16-22)26-6-5-23(35(38,39)40)15-27(26)29-7-8-30-32(48-34(51)49(29)30)21-11-24(36(41,42)43)14-25(12-21)37(44,45)46/h5-6,9-16,29-30,32H,7-8H2,1-4H3,(H,48,51)/t29-,30-,32+/m0/s1. The van der Waals surface area contributed by atoms with E-state index in [1.807, 2.05) is 0 Å². The number of benzene rings is 3. The van der Waals surface area contributed by atoms with Crippen LogP contribution in [0.3, 0.4) is 0 Å². The number of pyridine rings is 1. The number of fused-ring (bicyclic) bond motifs is 1. The largest absolute Gasteiger partial charge is 0.481 e. The molecule has 3 aromatic carbocycles. The van der Waals surface area contributed by atoms with E-state index in [2.05, 4.69) is 10.3 Å². The minimum atomic E-state index is -5.13. The number of Topliss-reactive ketones (excluding diaryl/α,β-unsaturated/α-hetero) is 1. The second-order valence-electron chi connectivity index (χ2n) is 13.0. The number of aromatic nitrogens is 1. The lowest BCUT2D eigenvalue weighted by Gasteiger charge is -2.27. The van der Waals surface area contributed by atoms with E-state index < -0.39 is 64.9 Å². The molecule has 2 aliphatic rings. The fourth-order valence-electron chi connectivity index (χ4n) is 7.36. The quantitative estimate of drug-likeness (QED) is 0.158. The SMILES string of the molecule is COc1ncc(-c2c(C)cc(C(C)=O)cc2C)cc1-c1ccc(C(F)(F)F)cc1[C@@H]1CC[C@H]2[C@@H](c3cc(C(F)(F)F)cc(C(F)(F)F)c3)NC(=O)N12. The second kappa shape index (κ2) is 12.8. The molecule has 0 radical (unpaired) electrons. The molecule has 3 heterocycles. The number of carbonyl (C=O) groups excluding carboxylic acids is 2. The number of methoxy groups -OCH3 is 1. The fraction of sp³-hybridized carbons (Fsp3) is 0.324. The Labute approximate surface area is 291 Å². The molecule has 0 saturated carbocycles. The lowest BCUT2D eigenvalue weighted by atomic mass is 9.89. The summed E-state index contributed by atoms with van der Waals surface area (Å²) in [6.45, 7) is 5.03. The number of urea groups is 1. The molecule has 0 bridgehead atoms. The van der Waals surface area contributed by atoms with Gasteiger partial charge in [0, 0.05) is 22.9 Å². The minimum Gasteiger partial charge on any atom is -0.481 e. The first-order valence-electron chi connectivity index (χ1n) is 15.9. The molecular weight excluding hydrogens is 705 g/mol. The van der Waals surface area contributed by atoms with E-state index in [0.29, 0.717) is 23.3 Å². The summed E-state index contributed by atoms with van der Waals surface area (Å²) in [6.07, 6.45) is -13.4. The van der Waals surface area contributed by atoms with Crippen LogP contribution < -0.4 is 10.1 Å². The molecule has 3 atom stereocenters. The number of aryl methyl sites for hydroxylation is 2. The first-order valence-corrected chi connectivity index (χ1v) is 15.9. The van der Waals surface area contributed by atoms with Crippen LogP contribution in [0.15, 0.2) is 60.8 Å². The number of hydrogen-bond donors (Lipinski definition) is 1. The van der Waals surface area contributed by atoms with Gasteiger partial charge in [0.2, 0.25) is 5.88 Å². The van der Waals surface area contributed by atoms with Crippen molar-refractivity contribution < 1.29 is 53.8 Å². The lowest BCUT2D eigenvalue weighted by molar-refractivity contribution is -0.143. The van der Waals surface area contributed by atoms with Gasteiger partial charge in [-0.25, -0.2) is 9.78 Å². The number of nitrogens with one attached hydrogen (secondary N) is 1. The molecule has 2 aliphatic heterocycles. The topological polar surface area (TPSA) is 71.5 Å². The van der Waals surface area contributed by atoms with Gasteiger partial charge in [-0.3, -0.25) is 4.79 Å². The van der Waals surface area contributed by atoms with Crippen molar-refractivity contribution in [1.82, 2.24) is 15.2 Å². The first-order chi connectivity index (χ1) is 24.2. The minimum absolute atomic E-state index is 0.0133. The second-order valence-corrected chi connectivity index (χ2v) is 13.0. The maximum atomic E-state index is 14.2. The van der Waals surface area contributed by atoms with E-state index in [1.54, 1.807) is 32.0 Å². The predicted octanol–water partition coefficient (Wildman–Crippen LogP) is 10.3. The van der Waals surface area contributed by atoms with E-state index in [9.17, 15) is 49.1 Å². The molecule has 274 valence electrons. The van der Waals surface area contributed by atoms with Crippen molar-refractivity contribution in [2.45, 2.75) is 70.3 Å². The average molecular weight is 736 g/mol. The Morgan fingerprint density at radius 2 is 1.40 bits per heavy atom. The smallest absolute Gasteiger partial charge is 0.416 e. The number of rotatable bonds is 6. The molecule has 4 aromatic rings. The maximum absolute atomic E-state index is 14.2. The highest BCUT2D eigenvalue weighted by Gasteiger charge is 2.50. The molecule has 1 N–H and O–H groups in total. The van der Waals surface area contributed by atoms with Gasteiger partial charge in [0.25, 0.3) is 0 Å². The Kier molecular flexibility index (Phi) is 9.07. The highest BCUT2D eigenvalue weighted by atomic mass is 19.4. The zero-order chi connectivity index (χ0) is 38.1. The molecule has 0 spiro atoms. The molecule has 6 rings (SSSR count). The molecule has 0 aliphatic carbocycles. The number of halogens is 9. The molecule has 1 aromatic heterocycles. The summed E-state index contributed by atoms with van der Waals surface area (Å²) in [5.74, 6) is -0.0973. The van der Waals surface area contributed by atoms with Crippen LogP contribution in [-0.4, -0.2) is 34.8 Å². The van der Waals surface area contributed by atoms with Crippen molar-refractivity contribution in [1.29, 1.82) is 0 Å². The number of hydrogen-bond acceptors (Lipinski definition) is 4. The van der Waals surface area contributed by atoms with Crippen LogP contribution in [0.2, 0.25) is 0 Å². The zero-order valence-corrected chi connectivity index (χ0v) is 27.9. The van der Waals surface area contributed by atoms with Gasteiger partial charge in [0.05, 0.1) is 41.9 Å². The van der Waals surface area contributed by atoms with Crippen LogP contribution >= 0.6 is 0 Å². The third-order valence-electron chi connectivity index (χ3n) is 9.60. The highest BCUT2D eigenvalue weighted by molar-refractivity contribution is 5.95. The molecule has 15 heteroatoms. The van der Waals surface area contributed by atoms with E-state index in [-0.39, 0.29) is 47.3 Å². The van der Waals surface area contributed by atoms with E-state index in [1.165, 1.54) is 31.2 Å². The summed E-state index contributed by atoms with van der Waals surface area (Å²) in [5, 5.41) is 2.48. The summed E-state index contributed by atoms with van der Waals surface area (Å²) in [5.41, 5.74) is -0.830. The Balaban J connectivity index is 1.48. The van der Waals surface area contributed by atoms with E-state index >= 15 is 0 Å². The van der Waals surface area contributed by atoms with E-state index in [0.717, 1.165) is 28.8 Å². The summed E-state index contributed by atoms with van der Waals surface area (Å²) in [4.78, 5) is 31.2. The fourth-order valence-corrected chi connectivity index (χ4v) is 7.36. The van der Waals surface area contributed by atoms with Gasteiger partial charge in [-0.1, -0.05) is 6.07 Å². The number of nitrogens with zero attached hydrogens (tertiary/aromatic N) is 2. The van der Waals surface area contributed by atoms with Gasteiger partial charge >= 0.3 is 24.6 Å². The Bertz CT molecular complexity index is 2030. The van der Waals surface area contributed by atoms with Crippen molar-refractivity contribution in [2.24, 2.45) is 0 Å². The van der Waals surface area contributed by atoms with Crippen molar-refractivity contribution in [3.8, 4) is 28.1 Å². The van der Waals surface area contributed by atoms with Crippen molar-refractivity contribution in [2.75, 3.05) is 7.11 Å². The van der Waals surface area contributed by atoms with Crippen molar-refractivity contribution in [3.63, 3.8) is 0 Å². The number of ketones is 1. The molecule has 0 unspecified atom stereocenters.